The number of methoxy groups -OCH3 is 1. The fourth-order valence-electron chi connectivity index (χ4n) is 1.73. The molecule has 0 saturated heterocycles. The molecule has 0 saturated carbocycles. The van der Waals surface area contributed by atoms with E-state index in [1.807, 2.05) is 12.1 Å². The van der Waals surface area contributed by atoms with Gasteiger partial charge < -0.3 is 19.9 Å². The molecule has 0 heterocycles. The number of aliphatic hydroxyl groups excluding tert-OH is 1. The van der Waals surface area contributed by atoms with Gasteiger partial charge in [-0.2, -0.15) is 0 Å². The van der Waals surface area contributed by atoms with Crippen molar-refractivity contribution >= 4 is 0 Å². The monoisotopic (exact) mass is 253 g/mol. The molecule has 0 aliphatic heterocycles. The first-order valence-electron chi connectivity index (χ1n) is 6.30. The molecule has 0 fully saturated rings. The Morgan fingerprint density at radius 3 is 2.83 bits per heavy atom. The number of aryl methyl sites for hydroxylation is 1. The van der Waals surface area contributed by atoms with Gasteiger partial charge in [0.2, 0.25) is 0 Å². The van der Waals surface area contributed by atoms with Gasteiger partial charge >= 0.3 is 0 Å². The van der Waals surface area contributed by atoms with Crippen LogP contribution in [0.2, 0.25) is 0 Å². The molecule has 0 unspecified atom stereocenters. The molecular weight excluding hydrogens is 230 g/mol. The van der Waals surface area contributed by atoms with Gasteiger partial charge in [0.15, 0.2) is 0 Å². The van der Waals surface area contributed by atoms with Crippen LogP contribution in [0.3, 0.4) is 0 Å². The van der Waals surface area contributed by atoms with Crippen molar-refractivity contribution in [2.24, 2.45) is 0 Å². The maximum atomic E-state index is 8.55. The largest absolute Gasteiger partial charge is 0.496 e. The van der Waals surface area contributed by atoms with E-state index < -0.39 is 0 Å². The van der Waals surface area contributed by atoms with E-state index in [0.29, 0.717) is 13.2 Å². The van der Waals surface area contributed by atoms with Crippen molar-refractivity contribution in [1.82, 2.24) is 5.32 Å². The zero-order chi connectivity index (χ0) is 13.2. The average Bonchev–Trinajstić information content (AvgIpc) is 2.38. The van der Waals surface area contributed by atoms with Crippen LogP contribution >= 0.6 is 0 Å². The van der Waals surface area contributed by atoms with Crippen LogP contribution in [0, 0.1) is 6.92 Å². The zero-order valence-corrected chi connectivity index (χ0v) is 11.2. The van der Waals surface area contributed by atoms with E-state index in [-0.39, 0.29) is 6.61 Å². The van der Waals surface area contributed by atoms with E-state index >= 15 is 0 Å². The van der Waals surface area contributed by atoms with Gasteiger partial charge in [-0.1, -0.05) is 17.7 Å². The van der Waals surface area contributed by atoms with Crippen molar-refractivity contribution in [1.29, 1.82) is 0 Å². The van der Waals surface area contributed by atoms with Crippen LogP contribution in [0.4, 0.5) is 0 Å². The Morgan fingerprint density at radius 1 is 1.28 bits per heavy atom. The average molecular weight is 253 g/mol. The molecule has 0 amide bonds. The highest BCUT2D eigenvalue weighted by molar-refractivity contribution is 5.36. The van der Waals surface area contributed by atoms with E-state index in [9.17, 15) is 0 Å². The molecule has 1 aromatic rings. The summed E-state index contributed by atoms with van der Waals surface area (Å²) in [4.78, 5) is 0. The summed E-state index contributed by atoms with van der Waals surface area (Å²) in [6, 6.07) is 6.18. The lowest BCUT2D eigenvalue weighted by molar-refractivity contribution is 0.0907. The first-order chi connectivity index (χ1) is 8.77. The van der Waals surface area contributed by atoms with Gasteiger partial charge in [-0.25, -0.2) is 0 Å². The van der Waals surface area contributed by atoms with Crippen molar-refractivity contribution < 1.29 is 14.6 Å². The quantitative estimate of drug-likeness (QED) is 0.655. The van der Waals surface area contributed by atoms with Crippen LogP contribution in [-0.2, 0) is 11.3 Å². The fraction of sp³-hybridized carbons (Fsp3) is 0.571. The fourth-order valence-corrected chi connectivity index (χ4v) is 1.73. The van der Waals surface area contributed by atoms with E-state index in [1.54, 1.807) is 7.11 Å². The van der Waals surface area contributed by atoms with Crippen molar-refractivity contribution in [2.75, 3.05) is 33.5 Å². The van der Waals surface area contributed by atoms with Crippen LogP contribution in [0.15, 0.2) is 18.2 Å². The SMILES string of the molecule is COc1ccc(C)cc1CNCCCOCCO. The lowest BCUT2D eigenvalue weighted by atomic mass is 10.1. The van der Waals surface area contributed by atoms with Crippen molar-refractivity contribution in [3.63, 3.8) is 0 Å². The number of benzene rings is 1. The first-order valence-corrected chi connectivity index (χ1v) is 6.30. The lowest BCUT2D eigenvalue weighted by Gasteiger charge is -2.10. The summed E-state index contributed by atoms with van der Waals surface area (Å²) >= 11 is 0. The number of rotatable bonds is 9. The first kappa shape index (κ1) is 15.0. The minimum Gasteiger partial charge on any atom is -0.496 e. The van der Waals surface area contributed by atoms with Gasteiger partial charge in [-0.15, -0.1) is 0 Å². The van der Waals surface area contributed by atoms with Crippen LogP contribution < -0.4 is 10.1 Å². The highest BCUT2D eigenvalue weighted by Crippen LogP contribution is 2.19. The Bertz CT molecular complexity index is 342. The molecule has 18 heavy (non-hydrogen) atoms. The van der Waals surface area contributed by atoms with E-state index in [1.165, 1.54) is 11.1 Å². The van der Waals surface area contributed by atoms with Crippen LogP contribution in [0.5, 0.6) is 5.75 Å². The van der Waals surface area contributed by atoms with Gasteiger partial charge in [0, 0.05) is 18.7 Å². The molecule has 4 heteroatoms. The standard InChI is InChI=1S/C14H23NO3/c1-12-4-5-14(17-2)13(10-12)11-15-6-3-8-18-9-7-16/h4-5,10,15-16H,3,6-9,11H2,1-2H3. The van der Waals surface area contributed by atoms with Gasteiger partial charge in [-0.3, -0.25) is 0 Å². The number of ether oxygens (including phenoxy) is 2. The third-order valence-electron chi connectivity index (χ3n) is 2.63. The van der Waals surface area contributed by atoms with Gasteiger partial charge in [-0.05, 0) is 26.0 Å². The van der Waals surface area contributed by atoms with E-state index in [0.717, 1.165) is 25.3 Å². The Labute approximate surface area is 109 Å². The second-order valence-electron chi connectivity index (χ2n) is 4.18. The van der Waals surface area contributed by atoms with Crippen molar-refractivity contribution in [3.05, 3.63) is 29.3 Å². The van der Waals surface area contributed by atoms with Crippen LogP contribution in [0.1, 0.15) is 17.5 Å². The summed E-state index contributed by atoms with van der Waals surface area (Å²) in [5.41, 5.74) is 2.41. The van der Waals surface area contributed by atoms with E-state index in [2.05, 4.69) is 18.3 Å². The normalized spacial score (nSPS) is 10.6. The molecule has 1 aromatic carbocycles. The third kappa shape index (κ3) is 5.49. The molecule has 2 N–H and O–H groups in total. The molecule has 1 rings (SSSR count). The molecule has 0 atom stereocenters. The third-order valence-corrected chi connectivity index (χ3v) is 2.63. The van der Waals surface area contributed by atoms with Crippen molar-refractivity contribution in [3.8, 4) is 5.75 Å². The smallest absolute Gasteiger partial charge is 0.123 e. The second-order valence-corrected chi connectivity index (χ2v) is 4.18. The molecule has 0 spiro atoms. The lowest BCUT2D eigenvalue weighted by Crippen LogP contribution is -2.17. The van der Waals surface area contributed by atoms with Gasteiger partial charge in [0.05, 0.1) is 20.3 Å². The van der Waals surface area contributed by atoms with E-state index in [4.69, 9.17) is 14.6 Å². The minimum atomic E-state index is 0.0912. The highest BCUT2D eigenvalue weighted by atomic mass is 16.5. The second kappa shape index (κ2) is 8.91. The zero-order valence-electron chi connectivity index (χ0n) is 11.2. The molecule has 0 aliphatic carbocycles. The summed E-state index contributed by atoms with van der Waals surface area (Å²) in [6.45, 7) is 4.96. The highest BCUT2D eigenvalue weighted by Gasteiger charge is 2.02. The van der Waals surface area contributed by atoms with Crippen LogP contribution in [0.25, 0.3) is 0 Å². The van der Waals surface area contributed by atoms with Gasteiger partial charge in [0.25, 0.3) is 0 Å². The molecule has 102 valence electrons. The molecule has 0 aliphatic rings. The molecule has 0 aromatic heterocycles. The number of aliphatic hydroxyl groups is 1. The molecule has 4 nitrogen and oxygen atoms in total. The number of hydrogen-bond donors (Lipinski definition) is 2. The maximum Gasteiger partial charge on any atom is 0.123 e. The summed E-state index contributed by atoms with van der Waals surface area (Å²) in [5.74, 6) is 0.921. The maximum absolute atomic E-state index is 8.55. The Balaban J connectivity index is 2.24. The Morgan fingerprint density at radius 2 is 2.11 bits per heavy atom. The summed E-state index contributed by atoms with van der Waals surface area (Å²) in [6.07, 6.45) is 0.939. The summed E-state index contributed by atoms with van der Waals surface area (Å²) < 4.78 is 10.5. The van der Waals surface area contributed by atoms with Crippen LogP contribution in [-0.4, -0.2) is 38.6 Å². The molecular formula is C14H23NO3. The predicted octanol–water partition coefficient (Wildman–Crippen LogP) is 1.49. The minimum absolute atomic E-state index is 0.0912. The number of hydrogen-bond acceptors (Lipinski definition) is 4. The Hall–Kier alpha value is -1.10. The molecule has 0 bridgehead atoms. The van der Waals surface area contributed by atoms with Crippen molar-refractivity contribution in [2.45, 2.75) is 19.9 Å². The summed E-state index contributed by atoms with van der Waals surface area (Å²) in [5, 5.41) is 11.9. The molecule has 0 radical (unpaired) electrons. The summed E-state index contributed by atoms with van der Waals surface area (Å²) in [7, 11) is 1.69. The predicted molar refractivity (Wildman–Crippen MR) is 72.0 cm³/mol. The van der Waals surface area contributed by atoms with Gasteiger partial charge in [0.1, 0.15) is 5.75 Å². The number of nitrogens with one attached hydrogen (secondary N) is 1. The topological polar surface area (TPSA) is 50.7 Å². The Kier molecular flexibility index (Phi) is 7.41.